The fourth-order valence-electron chi connectivity index (χ4n) is 7.88. The Bertz CT molecular complexity index is 2540. The van der Waals surface area contributed by atoms with E-state index in [1.54, 1.807) is 46.2 Å². The number of aliphatic hydroxyl groups excluding tert-OH is 2. The number of aromatic nitrogens is 4. The van der Waals surface area contributed by atoms with Crippen LogP contribution in [0.3, 0.4) is 0 Å². The maximum atomic E-state index is 15.2. The highest BCUT2D eigenvalue weighted by Gasteiger charge is 2.46. The Morgan fingerprint density at radius 2 is 1.08 bits per heavy atom. The van der Waals surface area contributed by atoms with E-state index in [9.17, 15) is 19.8 Å². The lowest BCUT2D eigenvalue weighted by atomic mass is 9.90. The molecule has 59 heavy (non-hydrogen) atoms. The van der Waals surface area contributed by atoms with Gasteiger partial charge in [-0.1, -0.05) is 92.7 Å². The normalized spacial score (nSPS) is 18.4. The van der Waals surface area contributed by atoms with E-state index in [2.05, 4.69) is 30.6 Å². The number of nitrogens with zero attached hydrogens (tertiary/aromatic N) is 4. The van der Waals surface area contributed by atoms with Gasteiger partial charge in [0.2, 0.25) is 11.9 Å². The summed E-state index contributed by atoms with van der Waals surface area (Å²) >= 11 is 0. The second-order valence-electron chi connectivity index (χ2n) is 15.5. The van der Waals surface area contributed by atoms with E-state index in [4.69, 9.17) is 0 Å². The van der Waals surface area contributed by atoms with E-state index in [1.807, 2.05) is 105 Å². The number of rotatable bonds is 12. The average Bonchev–Trinajstić information content (AvgIpc) is 3.84. The van der Waals surface area contributed by atoms with E-state index < -0.39 is 24.3 Å². The number of amides is 4. The molecule has 4 atom stereocenters. The number of nitrogens with one attached hydrogen (secondary N) is 4. The molecule has 0 radical (unpaired) electrons. The van der Waals surface area contributed by atoms with Crippen LogP contribution in [0.5, 0.6) is 0 Å². The summed E-state index contributed by atoms with van der Waals surface area (Å²) in [5, 5.41) is 29.8. The molecule has 0 bridgehead atoms. The number of imidazole rings is 2. The second kappa shape index (κ2) is 16.9. The van der Waals surface area contributed by atoms with Crippen LogP contribution >= 0.6 is 0 Å². The first-order valence-corrected chi connectivity index (χ1v) is 19.8. The van der Waals surface area contributed by atoms with Gasteiger partial charge in [-0.2, -0.15) is 0 Å². The lowest BCUT2D eigenvalue weighted by Gasteiger charge is -2.36. The predicted octanol–water partition coefficient (Wildman–Crippen LogP) is 7.13. The SMILES string of the molecule is CC(C)C[C@@H]1[C@H](O)[C@@H](O)[C@@H](Cc2ccccc2)N(Cc2cccc(C(=O)Nc3nc4ccccc4[nH]3)c2)C(=O)N1Cc1cccc(C(=O)Nc2nc3ccccc3[nH]2)c1. The van der Waals surface area contributed by atoms with Crippen molar-refractivity contribution in [3.8, 4) is 0 Å². The molecule has 0 spiro atoms. The minimum Gasteiger partial charge on any atom is -0.388 e. The van der Waals surface area contributed by atoms with Gasteiger partial charge < -0.3 is 30.0 Å². The van der Waals surface area contributed by atoms with Crippen LogP contribution in [0.2, 0.25) is 0 Å². The van der Waals surface area contributed by atoms with Crippen LogP contribution in [-0.4, -0.2) is 82.1 Å². The summed E-state index contributed by atoms with van der Waals surface area (Å²) in [5.74, 6) is -0.0655. The molecule has 5 aromatic carbocycles. The number of carbonyl (C=O) groups excluding carboxylic acids is 3. The smallest absolute Gasteiger partial charge is 0.321 e. The van der Waals surface area contributed by atoms with Crippen LogP contribution in [0.25, 0.3) is 22.1 Å². The van der Waals surface area contributed by atoms with Crippen molar-refractivity contribution in [3.63, 3.8) is 0 Å². The quantitative estimate of drug-likeness (QED) is 0.0762. The van der Waals surface area contributed by atoms with Gasteiger partial charge in [0.25, 0.3) is 11.8 Å². The molecule has 13 heteroatoms. The number of hydrogen-bond acceptors (Lipinski definition) is 7. The first kappa shape index (κ1) is 39.0. The first-order chi connectivity index (χ1) is 28.6. The summed E-state index contributed by atoms with van der Waals surface area (Å²) in [6, 6.07) is 36.6. The van der Waals surface area contributed by atoms with Crippen molar-refractivity contribution in [2.24, 2.45) is 5.92 Å². The minimum atomic E-state index is -1.31. The van der Waals surface area contributed by atoms with Gasteiger partial charge in [-0.3, -0.25) is 20.2 Å². The van der Waals surface area contributed by atoms with Crippen LogP contribution in [-0.2, 0) is 19.5 Å². The van der Waals surface area contributed by atoms with Crippen LogP contribution in [0.4, 0.5) is 16.7 Å². The number of benzene rings is 5. The standard InChI is InChI=1S/C46H46N8O5/c1-28(2)22-38-40(55)41(56)39(25-29-12-4-3-5-13-29)54(27-31-15-11-17-33(24-31)43(58)52-45-49-36-20-8-9-21-37(36)50-45)46(59)53(38)26-30-14-10-16-32(23-30)42(57)51-44-47-34-18-6-7-19-35(34)48-44/h3-21,23-24,28,38-41,55-56H,22,25-27H2,1-2H3,(H2,47,48,51,57)(H2,49,50,52,58)/t38-,39-,40+,41+/m1/s1. The molecule has 1 fully saturated rings. The lowest BCUT2D eigenvalue weighted by Crippen LogP contribution is -2.50. The topological polar surface area (TPSA) is 180 Å². The van der Waals surface area contributed by atoms with Crippen LogP contribution in [0, 0.1) is 5.92 Å². The molecule has 300 valence electrons. The van der Waals surface area contributed by atoms with Crippen molar-refractivity contribution < 1.29 is 24.6 Å². The number of hydrogen-bond donors (Lipinski definition) is 6. The molecule has 1 aliphatic rings. The van der Waals surface area contributed by atoms with Crippen LogP contribution in [0.1, 0.15) is 57.7 Å². The van der Waals surface area contributed by atoms with Gasteiger partial charge in [-0.25, -0.2) is 14.8 Å². The maximum absolute atomic E-state index is 15.2. The Morgan fingerprint density at radius 1 is 0.627 bits per heavy atom. The van der Waals surface area contributed by atoms with E-state index in [-0.39, 0.29) is 43.3 Å². The van der Waals surface area contributed by atoms with Gasteiger partial charge in [0, 0.05) is 24.2 Å². The van der Waals surface area contributed by atoms with E-state index in [0.717, 1.165) is 27.6 Å². The third-order valence-electron chi connectivity index (χ3n) is 10.8. The Kier molecular flexibility index (Phi) is 11.2. The number of urea groups is 1. The molecule has 6 N–H and O–H groups in total. The zero-order chi connectivity index (χ0) is 41.0. The Hall–Kier alpha value is -6.83. The zero-order valence-electron chi connectivity index (χ0n) is 32.7. The van der Waals surface area contributed by atoms with Crippen molar-refractivity contribution in [2.45, 2.75) is 64.1 Å². The van der Waals surface area contributed by atoms with Gasteiger partial charge >= 0.3 is 6.03 Å². The molecule has 7 aromatic rings. The molecule has 1 saturated heterocycles. The maximum Gasteiger partial charge on any atom is 0.321 e. The van der Waals surface area contributed by atoms with Gasteiger partial charge in [-0.05, 0) is 84.0 Å². The molecular weight excluding hydrogens is 745 g/mol. The second-order valence-corrected chi connectivity index (χ2v) is 15.5. The highest BCUT2D eigenvalue weighted by molar-refractivity contribution is 6.04. The Labute approximate surface area is 341 Å². The summed E-state index contributed by atoms with van der Waals surface area (Å²) in [6.45, 7) is 4.12. The molecule has 8 rings (SSSR count). The molecule has 1 aliphatic heterocycles. The Morgan fingerprint density at radius 3 is 1.59 bits per heavy atom. The van der Waals surface area contributed by atoms with E-state index in [1.165, 1.54) is 0 Å². The van der Waals surface area contributed by atoms with Crippen LogP contribution < -0.4 is 10.6 Å². The molecule has 0 aliphatic carbocycles. The van der Waals surface area contributed by atoms with Crippen LogP contribution in [0.15, 0.2) is 127 Å². The summed E-state index contributed by atoms with van der Waals surface area (Å²) in [7, 11) is 0. The average molecular weight is 791 g/mol. The summed E-state index contributed by atoms with van der Waals surface area (Å²) in [4.78, 5) is 60.6. The zero-order valence-corrected chi connectivity index (χ0v) is 32.7. The highest BCUT2D eigenvalue weighted by atomic mass is 16.3. The first-order valence-electron chi connectivity index (χ1n) is 19.8. The number of anilines is 2. The third kappa shape index (κ3) is 8.71. The molecule has 4 amide bonds. The van der Waals surface area contributed by atoms with Gasteiger partial charge in [0.15, 0.2) is 0 Å². The third-order valence-corrected chi connectivity index (χ3v) is 10.8. The minimum absolute atomic E-state index is 0.0384. The van der Waals surface area contributed by atoms with Gasteiger partial charge in [-0.15, -0.1) is 0 Å². The fourth-order valence-corrected chi connectivity index (χ4v) is 7.88. The summed E-state index contributed by atoms with van der Waals surface area (Å²) < 4.78 is 0. The molecule has 13 nitrogen and oxygen atoms in total. The molecular formula is C46H46N8O5. The summed E-state index contributed by atoms with van der Waals surface area (Å²) in [5.41, 5.74) is 5.96. The van der Waals surface area contributed by atoms with Crippen molar-refractivity contribution in [1.29, 1.82) is 0 Å². The molecule has 3 heterocycles. The van der Waals surface area contributed by atoms with Gasteiger partial charge in [0.1, 0.15) is 12.2 Å². The van der Waals surface area contributed by atoms with E-state index in [0.29, 0.717) is 40.6 Å². The highest BCUT2D eigenvalue weighted by Crippen LogP contribution is 2.31. The number of fused-ring (bicyclic) bond motifs is 2. The number of carbonyl (C=O) groups is 3. The van der Waals surface area contributed by atoms with Crippen molar-refractivity contribution in [3.05, 3.63) is 155 Å². The molecule has 0 unspecified atom stereocenters. The fraction of sp³-hybridized carbons (Fsp3) is 0.239. The lowest BCUT2D eigenvalue weighted by molar-refractivity contribution is -0.0447. The molecule has 0 saturated carbocycles. The monoisotopic (exact) mass is 790 g/mol. The number of para-hydroxylation sites is 4. The van der Waals surface area contributed by atoms with E-state index >= 15 is 4.79 Å². The predicted molar refractivity (Wildman–Crippen MR) is 227 cm³/mol. The number of aromatic amines is 2. The van der Waals surface area contributed by atoms with Gasteiger partial charge in [0.05, 0.1) is 34.2 Å². The van der Waals surface area contributed by atoms with Crippen molar-refractivity contribution >= 4 is 51.8 Å². The summed E-state index contributed by atoms with van der Waals surface area (Å²) in [6.07, 6.45) is -1.91. The Balaban J connectivity index is 1.10. The largest absolute Gasteiger partial charge is 0.388 e. The van der Waals surface area contributed by atoms with Crippen molar-refractivity contribution in [1.82, 2.24) is 29.7 Å². The number of aliphatic hydroxyl groups is 2. The number of H-pyrrole nitrogens is 2. The molecule has 2 aromatic heterocycles. The van der Waals surface area contributed by atoms with Crippen molar-refractivity contribution in [2.75, 3.05) is 10.6 Å².